The number of likely N-dealkylation sites (tertiary alicyclic amines) is 1. The molecule has 2 atom stereocenters. The number of carbonyl (C=O) groups is 1. The summed E-state index contributed by atoms with van der Waals surface area (Å²) in [7, 11) is 0. The first-order chi connectivity index (χ1) is 7.52. The van der Waals surface area contributed by atoms with E-state index in [0.29, 0.717) is 12.0 Å². The molecule has 1 saturated heterocycles. The van der Waals surface area contributed by atoms with Crippen LogP contribution in [0.5, 0.6) is 0 Å². The summed E-state index contributed by atoms with van der Waals surface area (Å²) in [5.74, 6) is -0.212. The van der Waals surface area contributed by atoms with Crippen LogP contribution in [0.4, 0.5) is 0 Å². The number of nitrogens with one attached hydrogen (secondary N) is 1. The first kappa shape index (κ1) is 13.5. The number of rotatable bonds is 6. The van der Waals surface area contributed by atoms with E-state index in [1.807, 2.05) is 0 Å². The van der Waals surface area contributed by atoms with Crippen molar-refractivity contribution in [1.29, 1.82) is 0 Å². The maximum Gasteiger partial charge on any atom is 0.320 e. The zero-order chi connectivity index (χ0) is 12.1. The summed E-state index contributed by atoms with van der Waals surface area (Å²) in [4.78, 5) is 13.2. The van der Waals surface area contributed by atoms with Gasteiger partial charge in [-0.1, -0.05) is 13.8 Å². The lowest BCUT2D eigenvalue weighted by molar-refractivity contribution is -0.139. The van der Waals surface area contributed by atoms with Crippen LogP contribution >= 0.6 is 0 Å². The van der Waals surface area contributed by atoms with E-state index in [1.165, 1.54) is 12.8 Å². The van der Waals surface area contributed by atoms with Gasteiger partial charge in [0.05, 0.1) is 0 Å². The van der Waals surface area contributed by atoms with Crippen molar-refractivity contribution in [1.82, 2.24) is 10.2 Å². The highest BCUT2D eigenvalue weighted by Crippen LogP contribution is 2.17. The van der Waals surface area contributed by atoms with Crippen molar-refractivity contribution in [2.24, 2.45) is 5.92 Å². The Morgan fingerprint density at radius 1 is 1.31 bits per heavy atom. The van der Waals surface area contributed by atoms with Gasteiger partial charge in [-0.3, -0.25) is 9.69 Å². The molecule has 1 aliphatic rings. The van der Waals surface area contributed by atoms with E-state index in [-0.39, 0.29) is 0 Å². The SMILES string of the molecule is CC(NCC(C(C)C)N1CCCC1)C(=O)O. The molecule has 1 heterocycles. The predicted molar refractivity (Wildman–Crippen MR) is 64.5 cm³/mol. The number of nitrogens with zero attached hydrogens (tertiary/aromatic N) is 1. The molecule has 16 heavy (non-hydrogen) atoms. The number of hydrogen-bond donors (Lipinski definition) is 2. The third-order valence-electron chi connectivity index (χ3n) is 3.38. The molecule has 2 unspecified atom stereocenters. The van der Waals surface area contributed by atoms with E-state index in [4.69, 9.17) is 5.11 Å². The van der Waals surface area contributed by atoms with E-state index in [9.17, 15) is 4.79 Å². The van der Waals surface area contributed by atoms with Crippen LogP contribution in [0.1, 0.15) is 33.6 Å². The van der Waals surface area contributed by atoms with Crippen LogP contribution in [0.2, 0.25) is 0 Å². The molecule has 1 aliphatic heterocycles. The summed E-state index contributed by atoms with van der Waals surface area (Å²) < 4.78 is 0. The zero-order valence-electron chi connectivity index (χ0n) is 10.6. The molecule has 0 radical (unpaired) electrons. The minimum atomic E-state index is -0.774. The third kappa shape index (κ3) is 3.76. The third-order valence-corrected chi connectivity index (χ3v) is 3.38. The lowest BCUT2D eigenvalue weighted by Gasteiger charge is -2.31. The highest BCUT2D eigenvalue weighted by Gasteiger charge is 2.25. The molecular formula is C12H24N2O2. The molecule has 2 N–H and O–H groups in total. The molecule has 0 aliphatic carbocycles. The summed E-state index contributed by atoms with van der Waals surface area (Å²) in [6, 6.07) is 0.00755. The van der Waals surface area contributed by atoms with Gasteiger partial charge in [0.2, 0.25) is 0 Å². The van der Waals surface area contributed by atoms with Gasteiger partial charge in [-0.05, 0) is 38.8 Å². The Morgan fingerprint density at radius 2 is 1.88 bits per heavy atom. The van der Waals surface area contributed by atoms with Gasteiger partial charge in [-0.15, -0.1) is 0 Å². The van der Waals surface area contributed by atoms with E-state index in [2.05, 4.69) is 24.1 Å². The van der Waals surface area contributed by atoms with Crippen molar-refractivity contribution in [3.05, 3.63) is 0 Å². The van der Waals surface area contributed by atoms with Crippen molar-refractivity contribution in [2.75, 3.05) is 19.6 Å². The Balaban J connectivity index is 2.42. The molecule has 0 aromatic heterocycles. The van der Waals surface area contributed by atoms with Crippen molar-refractivity contribution < 1.29 is 9.90 Å². The molecule has 4 nitrogen and oxygen atoms in total. The van der Waals surface area contributed by atoms with Crippen molar-refractivity contribution in [3.8, 4) is 0 Å². The second-order valence-electron chi connectivity index (χ2n) is 5.02. The first-order valence-corrected chi connectivity index (χ1v) is 6.22. The molecule has 0 spiro atoms. The number of hydrogen-bond acceptors (Lipinski definition) is 3. The van der Waals surface area contributed by atoms with E-state index < -0.39 is 12.0 Å². The average Bonchev–Trinajstić information content (AvgIpc) is 2.70. The van der Waals surface area contributed by atoms with Crippen LogP contribution in [0, 0.1) is 5.92 Å². The Bertz CT molecular complexity index is 225. The molecular weight excluding hydrogens is 204 g/mol. The fraction of sp³-hybridized carbons (Fsp3) is 0.917. The Kier molecular flexibility index (Phi) is 5.22. The fourth-order valence-electron chi connectivity index (χ4n) is 2.24. The van der Waals surface area contributed by atoms with E-state index in [0.717, 1.165) is 19.6 Å². The minimum absolute atomic E-state index is 0.455. The van der Waals surface area contributed by atoms with Crippen LogP contribution in [-0.4, -0.2) is 47.7 Å². The normalized spacial score (nSPS) is 21.2. The fourth-order valence-corrected chi connectivity index (χ4v) is 2.24. The van der Waals surface area contributed by atoms with Crippen molar-refractivity contribution >= 4 is 5.97 Å². The molecule has 4 heteroatoms. The van der Waals surface area contributed by atoms with Crippen molar-refractivity contribution in [2.45, 2.75) is 45.7 Å². The lowest BCUT2D eigenvalue weighted by Crippen LogP contribution is -2.47. The highest BCUT2D eigenvalue weighted by atomic mass is 16.4. The monoisotopic (exact) mass is 228 g/mol. The maximum absolute atomic E-state index is 10.7. The second-order valence-corrected chi connectivity index (χ2v) is 5.02. The molecule has 1 fully saturated rings. The van der Waals surface area contributed by atoms with Crippen molar-refractivity contribution in [3.63, 3.8) is 0 Å². The summed E-state index contributed by atoms with van der Waals surface area (Å²) in [6.07, 6.45) is 2.55. The average molecular weight is 228 g/mol. The molecule has 0 amide bonds. The number of aliphatic carboxylic acids is 1. The van der Waals surface area contributed by atoms with Gasteiger partial charge < -0.3 is 10.4 Å². The van der Waals surface area contributed by atoms with Crippen LogP contribution < -0.4 is 5.32 Å². The topological polar surface area (TPSA) is 52.6 Å². The van der Waals surface area contributed by atoms with Gasteiger partial charge in [0.1, 0.15) is 6.04 Å². The van der Waals surface area contributed by atoms with Crippen LogP contribution in [-0.2, 0) is 4.79 Å². The summed E-state index contributed by atoms with van der Waals surface area (Å²) >= 11 is 0. The van der Waals surface area contributed by atoms with Crippen LogP contribution in [0.25, 0.3) is 0 Å². The van der Waals surface area contributed by atoms with Gasteiger partial charge in [0, 0.05) is 12.6 Å². The quantitative estimate of drug-likeness (QED) is 0.716. The molecule has 94 valence electrons. The van der Waals surface area contributed by atoms with Crippen LogP contribution in [0.3, 0.4) is 0 Å². The largest absolute Gasteiger partial charge is 0.480 e. The predicted octanol–water partition coefficient (Wildman–Crippen LogP) is 1.17. The summed E-state index contributed by atoms with van der Waals surface area (Å²) in [5, 5.41) is 11.9. The number of carboxylic acid groups (broad SMARTS) is 1. The number of carboxylic acids is 1. The molecule has 0 saturated carbocycles. The van der Waals surface area contributed by atoms with Gasteiger partial charge in [0.15, 0.2) is 0 Å². The molecule has 0 aromatic rings. The standard InChI is InChI=1S/C12H24N2O2/c1-9(2)11(14-6-4-5-7-14)8-13-10(3)12(15)16/h9-11,13H,4-8H2,1-3H3,(H,15,16). The zero-order valence-corrected chi connectivity index (χ0v) is 10.6. The molecule has 0 aromatic carbocycles. The Hall–Kier alpha value is -0.610. The lowest BCUT2D eigenvalue weighted by atomic mass is 10.0. The minimum Gasteiger partial charge on any atom is -0.480 e. The van der Waals surface area contributed by atoms with E-state index >= 15 is 0 Å². The van der Waals surface area contributed by atoms with Crippen LogP contribution in [0.15, 0.2) is 0 Å². The summed E-state index contributed by atoms with van der Waals surface area (Å²) in [6.45, 7) is 9.19. The maximum atomic E-state index is 10.7. The van der Waals surface area contributed by atoms with Gasteiger partial charge in [0.25, 0.3) is 0 Å². The Morgan fingerprint density at radius 3 is 2.31 bits per heavy atom. The first-order valence-electron chi connectivity index (χ1n) is 6.22. The van der Waals surface area contributed by atoms with Gasteiger partial charge >= 0.3 is 5.97 Å². The van der Waals surface area contributed by atoms with E-state index in [1.54, 1.807) is 6.92 Å². The molecule has 0 bridgehead atoms. The smallest absolute Gasteiger partial charge is 0.320 e. The molecule has 1 rings (SSSR count). The van der Waals surface area contributed by atoms with Gasteiger partial charge in [-0.25, -0.2) is 0 Å². The summed E-state index contributed by atoms with van der Waals surface area (Å²) in [5.41, 5.74) is 0. The van der Waals surface area contributed by atoms with Gasteiger partial charge in [-0.2, -0.15) is 0 Å². The second kappa shape index (κ2) is 6.21. The highest BCUT2D eigenvalue weighted by molar-refractivity contribution is 5.72. The Labute approximate surface area is 98.0 Å².